The van der Waals surface area contributed by atoms with Crippen molar-refractivity contribution < 1.29 is 22.6 Å². The van der Waals surface area contributed by atoms with E-state index in [0.717, 1.165) is 6.07 Å². The molecule has 0 aliphatic rings. The largest absolute Gasteiger partial charge is 0.573 e. The third kappa shape index (κ3) is 4.36. The smallest absolute Gasteiger partial charge is 0.439 e. The van der Waals surface area contributed by atoms with E-state index in [1.54, 1.807) is 6.07 Å². The summed E-state index contributed by atoms with van der Waals surface area (Å²) < 4.78 is 45.7. The molecule has 0 spiro atoms. The van der Waals surface area contributed by atoms with Crippen LogP contribution in [-0.2, 0) is 0 Å². The molecule has 0 fully saturated rings. The quantitative estimate of drug-likeness (QED) is 0.815. The molecule has 1 heterocycles. The summed E-state index contributed by atoms with van der Waals surface area (Å²) in [5, 5.41) is 8.72. The zero-order valence-corrected chi connectivity index (χ0v) is 11.8. The molecule has 8 heteroatoms. The average molecular weight is 359 g/mol. The van der Waals surface area contributed by atoms with Crippen molar-refractivity contribution in [3.63, 3.8) is 0 Å². The Labute approximate surface area is 125 Å². The fourth-order valence-corrected chi connectivity index (χ4v) is 1.85. The Balaban J connectivity index is 2.18. The van der Waals surface area contributed by atoms with Gasteiger partial charge in [-0.1, -0.05) is 6.07 Å². The number of halogens is 4. The van der Waals surface area contributed by atoms with Crippen LogP contribution in [0.5, 0.6) is 17.4 Å². The van der Waals surface area contributed by atoms with Crippen molar-refractivity contribution in [1.29, 1.82) is 5.26 Å². The van der Waals surface area contributed by atoms with E-state index in [2.05, 4.69) is 25.7 Å². The Morgan fingerprint density at radius 1 is 1.19 bits per heavy atom. The normalized spacial score (nSPS) is 10.8. The second-order valence-electron chi connectivity index (χ2n) is 3.71. The predicted octanol–water partition coefficient (Wildman–Crippen LogP) is 4.41. The lowest BCUT2D eigenvalue weighted by Gasteiger charge is -2.11. The first kappa shape index (κ1) is 15.1. The first-order valence-corrected chi connectivity index (χ1v) is 6.27. The molecular weight excluding hydrogens is 353 g/mol. The van der Waals surface area contributed by atoms with Gasteiger partial charge >= 0.3 is 6.36 Å². The first-order valence-electron chi connectivity index (χ1n) is 5.48. The summed E-state index contributed by atoms with van der Waals surface area (Å²) in [7, 11) is 0. The molecule has 0 bridgehead atoms. The van der Waals surface area contributed by atoms with Gasteiger partial charge in [0.1, 0.15) is 23.3 Å². The second kappa shape index (κ2) is 6.01. The minimum Gasteiger partial charge on any atom is -0.439 e. The van der Waals surface area contributed by atoms with Crippen molar-refractivity contribution in [3.05, 3.63) is 46.6 Å². The number of rotatable bonds is 3. The molecular formula is C13H6BrF3N2O2. The Bertz CT molecular complexity index is 699. The van der Waals surface area contributed by atoms with Gasteiger partial charge in [-0.15, -0.1) is 13.2 Å². The highest BCUT2D eigenvalue weighted by atomic mass is 79.9. The van der Waals surface area contributed by atoms with Crippen LogP contribution < -0.4 is 9.47 Å². The highest BCUT2D eigenvalue weighted by molar-refractivity contribution is 9.10. The van der Waals surface area contributed by atoms with Crippen LogP contribution in [0.2, 0.25) is 0 Å². The lowest BCUT2D eigenvalue weighted by atomic mass is 10.3. The number of nitrogens with zero attached hydrogens (tertiary/aromatic N) is 2. The number of hydrogen-bond donors (Lipinski definition) is 0. The first-order chi connectivity index (χ1) is 9.87. The molecule has 0 saturated carbocycles. The van der Waals surface area contributed by atoms with Crippen LogP contribution in [0.15, 0.2) is 40.9 Å². The molecule has 0 aliphatic carbocycles. The zero-order chi connectivity index (χ0) is 15.5. The molecule has 0 unspecified atom stereocenters. The van der Waals surface area contributed by atoms with Gasteiger partial charge in [0.2, 0.25) is 5.88 Å². The molecule has 0 radical (unpaired) electrons. The fraction of sp³-hybridized carbons (Fsp3) is 0.0769. The fourth-order valence-electron chi connectivity index (χ4n) is 1.41. The van der Waals surface area contributed by atoms with E-state index in [1.807, 2.05) is 6.07 Å². The van der Waals surface area contributed by atoms with E-state index in [1.165, 1.54) is 24.3 Å². The molecule has 1 aromatic heterocycles. The van der Waals surface area contributed by atoms with Crippen molar-refractivity contribution in [1.82, 2.24) is 4.98 Å². The van der Waals surface area contributed by atoms with E-state index >= 15 is 0 Å². The maximum atomic E-state index is 12.1. The Kier molecular flexibility index (Phi) is 4.33. The standard InChI is InChI=1S/C13H6BrF3N2O2/c14-10-6-9(4-5-11(10)21-13(15,16)17)20-12-3-1-2-8(7-18)19-12/h1-6H. The summed E-state index contributed by atoms with van der Waals surface area (Å²) >= 11 is 2.96. The number of nitriles is 1. The van der Waals surface area contributed by atoms with Gasteiger partial charge in [0, 0.05) is 6.07 Å². The Hall–Kier alpha value is -2.27. The molecule has 4 nitrogen and oxygen atoms in total. The molecule has 0 atom stereocenters. The lowest BCUT2D eigenvalue weighted by Crippen LogP contribution is -2.17. The summed E-state index contributed by atoms with van der Waals surface area (Å²) in [5.74, 6) is 0.0259. The molecule has 0 amide bonds. The van der Waals surface area contributed by atoms with E-state index in [-0.39, 0.29) is 27.5 Å². The maximum absolute atomic E-state index is 12.1. The predicted molar refractivity (Wildman–Crippen MR) is 69.9 cm³/mol. The van der Waals surface area contributed by atoms with Crippen LogP contribution in [0.3, 0.4) is 0 Å². The van der Waals surface area contributed by atoms with Crippen LogP contribution in [0.25, 0.3) is 0 Å². The number of aromatic nitrogens is 1. The zero-order valence-electron chi connectivity index (χ0n) is 10.2. The van der Waals surface area contributed by atoms with Crippen LogP contribution in [0.4, 0.5) is 13.2 Å². The monoisotopic (exact) mass is 358 g/mol. The van der Waals surface area contributed by atoms with E-state index < -0.39 is 6.36 Å². The highest BCUT2D eigenvalue weighted by Crippen LogP contribution is 2.34. The second-order valence-corrected chi connectivity index (χ2v) is 4.57. The lowest BCUT2D eigenvalue weighted by molar-refractivity contribution is -0.274. The van der Waals surface area contributed by atoms with Crippen LogP contribution in [-0.4, -0.2) is 11.3 Å². The highest BCUT2D eigenvalue weighted by Gasteiger charge is 2.32. The number of pyridine rings is 1. The van der Waals surface area contributed by atoms with Gasteiger partial charge in [-0.05, 0) is 40.2 Å². The molecule has 2 rings (SSSR count). The van der Waals surface area contributed by atoms with Gasteiger partial charge in [0.05, 0.1) is 4.47 Å². The van der Waals surface area contributed by atoms with Gasteiger partial charge < -0.3 is 9.47 Å². The van der Waals surface area contributed by atoms with Gasteiger partial charge in [-0.25, -0.2) is 4.98 Å². The number of hydrogen-bond acceptors (Lipinski definition) is 4. The average Bonchev–Trinajstić information content (AvgIpc) is 2.41. The van der Waals surface area contributed by atoms with Crippen LogP contribution in [0, 0.1) is 11.3 Å². The minimum atomic E-state index is -4.77. The third-order valence-electron chi connectivity index (χ3n) is 2.19. The minimum absolute atomic E-state index is 0.0776. The molecule has 0 N–H and O–H groups in total. The molecule has 0 saturated heterocycles. The van der Waals surface area contributed by atoms with E-state index in [0.29, 0.717) is 0 Å². The molecule has 0 aliphatic heterocycles. The summed E-state index contributed by atoms with van der Waals surface area (Å²) in [4.78, 5) is 3.89. The SMILES string of the molecule is N#Cc1cccc(Oc2ccc(OC(F)(F)F)c(Br)c2)n1. The van der Waals surface area contributed by atoms with Crippen molar-refractivity contribution in [3.8, 4) is 23.4 Å². The molecule has 108 valence electrons. The molecule has 1 aromatic carbocycles. The Morgan fingerprint density at radius 2 is 1.95 bits per heavy atom. The number of ether oxygens (including phenoxy) is 2. The number of benzene rings is 1. The summed E-state index contributed by atoms with van der Waals surface area (Å²) in [6.07, 6.45) is -4.77. The van der Waals surface area contributed by atoms with Crippen molar-refractivity contribution in [2.45, 2.75) is 6.36 Å². The van der Waals surface area contributed by atoms with Gasteiger partial charge in [-0.2, -0.15) is 5.26 Å². The van der Waals surface area contributed by atoms with E-state index in [4.69, 9.17) is 10.00 Å². The Morgan fingerprint density at radius 3 is 2.57 bits per heavy atom. The van der Waals surface area contributed by atoms with Crippen molar-refractivity contribution >= 4 is 15.9 Å². The van der Waals surface area contributed by atoms with Gasteiger partial charge in [0.15, 0.2) is 0 Å². The molecule has 21 heavy (non-hydrogen) atoms. The topological polar surface area (TPSA) is 55.1 Å². The summed E-state index contributed by atoms with van der Waals surface area (Å²) in [6, 6.07) is 10.2. The van der Waals surface area contributed by atoms with Crippen LogP contribution >= 0.6 is 15.9 Å². The maximum Gasteiger partial charge on any atom is 0.573 e. The van der Waals surface area contributed by atoms with Crippen molar-refractivity contribution in [2.75, 3.05) is 0 Å². The van der Waals surface area contributed by atoms with Crippen LogP contribution in [0.1, 0.15) is 5.69 Å². The van der Waals surface area contributed by atoms with Gasteiger partial charge in [-0.3, -0.25) is 0 Å². The van der Waals surface area contributed by atoms with Crippen molar-refractivity contribution in [2.24, 2.45) is 0 Å². The third-order valence-corrected chi connectivity index (χ3v) is 2.81. The summed E-state index contributed by atoms with van der Waals surface area (Å²) in [5.41, 5.74) is 0.170. The van der Waals surface area contributed by atoms with Gasteiger partial charge in [0.25, 0.3) is 0 Å². The van der Waals surface area contributed by atoms with E-state index in [9.17, 15) is 13.2 Å². The number of alkyl halides is 3. The molecule has 2 aromatic rings. The summed E-state index contributed by atoms with van der Waals surface area (Å²) in [6.45, 7) is 0.